The molecule has 0 radical (unpaired) electrons. The minimum absolute atomic E-state index is 0.166. The van der Waals surface area contributed by atoms with Gasteiger partial charge in [-0.25, -0.2) is 4.79 Å². The largest absolute Gasteiger partial charge is 0.481 e. The second-order valence-corrected chi connectivity index (χ2v) is 2.90. The molecule has 0 aliphatic heterocycles. The van der Waals surface area contributed by atoms with Crippen molar-refractivity contribution in [3.05, 3.63) is 12.2 Å². The first kappa shape index (κ1) is 9.57. The van der Waals surface area contributed by atoms with Crippen molar-refractivity contribution >= 4 is 12.0 Å². The van der Waals surface area contributed by atoms with Crippen LogP contribution in [0.5, 0.6) is 0 Å². The zero-order valence-electron chi connectivity index (χ0n) is 7.28. The molecule has 72 valence electrons. The lowest BCUT2D eigenvalue weighted by atomic mass is 10.1. The van der Waals surface area contributed by atoms with Crippen LogP contribution in [-0.4, -0.2) is 30.2 Å². The number of aliphatic carboxylic acids is 1. The van der Waals surface area contributed by atoms with Crippen molar-refractivity contribution in [1.82, 2.24) is 10.6 Å². The molecule has 5 nitrogen and oxygen atoms in total. The van der Waals surface area contributed by atoms with Gasteiger partial charge in [-0.15, -0.1) is 0 Å². The number of hydrogen-bond acceptors (Lipinski definition) is 2. The normalized spacial score (nSPS) is 25.6. The summed E-state index contributed by atoms with van der Waals surface area (Å²) in [6, 6.07) is -0.457. The second kappa shape index (κ2) is 3.93. The summed E-state index contributed by atoms with van der Waals surface area (Å²) in [6.07, 6.45) is 3.74. The third-order valence-corrected chi connectivity index (χ3v) is 1.94. The van der Waals surface area contributed by atoms with Crippen LogP contribution >= 0.6 is 0 Å². The van der Waals surface area contributed by atoms with E-state index in [9.17, 15) is 9.59 Å². The third-order valence-electron chi connectivity index (χ3n) is 1.94. The molecule has 0 saturated heterocycles. The molecule has 0 bridgehead atoms. The SMILES string of the molecule is CNC(=O)NC1C=CC(C(=O)O)C1. The smallest absolute Gasteiger partial charge is 0.314 e. The lowest BCUT2D eigenvalue weighted by Gasteiger charge is -2.10. The molecule has 0 fully saturated rings. The monoisotopic (exact) mass is 184 g/mol. The average molecular weight is 184 g/mol. The van der Waals surface area contributed by atoms with Gasteiger partial charge in [-0.05, 0) is 6.42 Å². The zero-order chi connectivity index (χ0) is 9.84. The van der Waals surface area contributed by atoms with Crippen LogP contribution in [0.15, 0.2) is 12.2 Å². The molecule has 0 heterocycles. The van der Waals surface area contributed by atoms with Gasteiger partial charge < -0.3 is 15.7 Å². The van der Waals surface area contributed by atoms with Crippen LogP contribution < -0.4 is 10.6 Å². The van der Waals surface area contributed by atoms with E-state index in [1.54, 1.807) is 12.2 Å². The molecule has 1 aliphatic carbocycles. The van der Waals surface area contributed by atoms with E-state index in [-0.39, 0.29) is 12.1 Å². The van der Waals surface area contributed by atoms with Gasteiger partial charge in [0.15, 0.2) is 0 Å². The molecule has 13 heavy (non-hydrogen) atoms. The molecule has 1 aliphatic rings. The third kappa shape index (κ3) is 2.47. The fraction of sp³-hybridized carbons (Fsp3) is 0.500. The second-order valence-electron chi connectivity index (χ2n) is 2.90. The number of urea groups is 1. The summed E-state index contributed by atoms with van der Waals surface area (Å²) >= 11 is 0. The van der Waals surface area contributed by atoms with Crippen molar-refractivity contribution in [3.8, 4) is 0 Å². The molecular weight excluding hydrogens is 172 g/mol. The number of carboxylic acids is 1. The van der Waals surface area contributed by atoms with Crippen LogP contribution in [0, 0.1) is 5.92 Å². The van der Waals surface area contributed by atoms with Gasteiger partial charge in [0.1, 0.15) is 0 Å². The summed E-state index contributed by atoms with van der Waals surface area (Å²) in [7, 11) is 1.52. The molecule has 5 heteroatoms. The molecule has 3 N–H and O–H groups in total. The summed E-state index contributed by atoms with van der Waals surface area (Å²) in [6.45, 7) is 0. The highest BCUT2D eigenvalue weighted by Crippen LogP contribution is 2.17. The Morgan fingerprint density at radius 1 is 1.46 bits per heavy atom. The Hall–Kier alpha value is -1.52. The Bertz CT molecular complexity index is 250. The number of rotatable bonds is 2. The van der Waals surface area contributed by atoms with E-state index in [2.05, 4.69) is 10.6 Å². The van der Waals surface area contributed by atoms with E-state index >= 15 is 0 Å². The van der Waals surface area contributed by atoms with E-state index < -0.39 is 11.9 Å². The number of amides is 2. The highest BCUT2D eigenvalue weighted by molar-refractivity contribution is 5.76. The van der Waals surface area contributed by atoms with Crippen LogP contribution in [0.2, 0.25) is 0 Å². The highest BCUT2D eigenvalue weighted by atomic mass is 16.4. The Morgan fingerprint density at radius 3 is 2.62 bits per heavy atom. The van der Waals surface area contributed by atoms with Crippen LogP contribution in [0.25, 0.3) is 0 Å². The van der Waals surface area contributed by atoms with E-state index in [4.69, 9.17) is 5.11 Å². The summed E-state index contributed by atoms with van der Waals surface area (Å²) in [4.78, 5) is 21.4. The lowest BCUT2D eigenvalue weighted by molar-refractivity contribution is -0.140. The van der Waals surface area contributed by atoms with Crippen LogP contribution in [0.4, 0.5) is 4.79 Å². The maximum Gasteiger partial charge on any atom is 0.314 e. The lowest BCUT2D eigenvalue weighted by Crippen LogP contribution is -2.39. The summed E-state index contributed by atoms with van der Waals surface area (Å²) in [5, 5.41) is 13.7. The Morgan fingerprint density at radius 2 is 2.15 bits per heavy atom. The number of carbonyl (C=O) groups excluding carboxylic acids is 1. The molecule has 2 amide bonds. The number of nitrogens with one attached hydrogen (secondary N) is 2. The van der Waals surface area contributed by atoms with Crippen molar-refractivity contribution in [2.75, 3.05) is 7.05 Å². The highest BCUT2D eigenvalue weighted by Gasteiger charge is 2.24. The summed E-state index contributed by atoms with van der Waals surface area (Å²) < 4.78 is 0. The van der Waals surface area contributed by atoms with Gasteiger partial charge in [-0.1, -0.05) is 12.2 Å². The van der Waals surface area contributed by atoms with Crippen molar-refractivity contribution in [1.29, 1.82) is 0 Å². The minimum Gasteiger partial charge on any atom is -0.481 e. The Balaban J connectivity index is 2.39. The standard InChI is InChI=1S/C8H12N2O3/c1-9-8(13)10-6-3-2-5(4-6)7(11)12/h2-3,5-6H,4H2,1H3,(H,11,12)(H2,9,10,13). The molecular formula is C8H12N2O3. The van der Waals surface area contributed by atoms with Crippen molar-refractivity contribution in [2.24, 2.45) is 5.92 Å². The van der Waals surface area contributed by atoms with Gasteiger partial charge in [0.05, 0.1) is 12.0 Å². The topological polar surface area (TPSA) is 78.4 Å². The average Bonchev–Trinajstić information content (AvgIpc) is 2.52. The Labute approximate surface area is 75.8 Å². The maximum absolute atomic E-state index is 10.8. The van der Waals surface area contributed by atoms with Gasteiger partial charge >= 0.3 is 12.0 Å². The molecule has 0 saturated carbocycles. The molecule has 0 spiro atoms. The molecule has 0 aromatic heterocycles. The maximum atomic E-state index is 10.8. The van der Waals surface area contributed by atoms with Gasteiger partial charge in [0, 0.05) is 7.05 Å². The quantitative estimate of drug-likeness (QED) is 0.526. The number of hydrogen-bond donors (Lipinski definition) is 3. The zero-order valence-corrected chi connectivity index (χ0v) is 7.28. The van der Waals surface area contributed by atoms with Crippen molar-refractivity contribution < 1.29 is 14.7 Å². The molecule has 1 rings (SSSR count). The summed E-state index contributed by atoms with van der Waals surface area (Å²) in [5.41, 5.74) is 0. The minimum atomic E-state index is -0.850. The van der Waals surface area contributed by atoms with Crippen LogP contribution in [0.3, 0.4) is 0 Å². The van der Waals surface area contributed by atoms with Crippen LogP contribution in [0.1, 0.15) is 6.42 Å². The predicted octanol–water partition coefficient (Wildman–Crippen LogP) is -0.0553. The van der Waals surface area contributed by atoms with Gasteiger partial charge in [0.25, 0.3) is 0 Å². The predicted molar refractivity (Wildman–Crippen MR) is 46.3 cm³/mol. The fourth-order valence-electron chi connectivity index (χ4n) is 1.23. The first-order chi connectivity index (χ1) is 6.13. The van der Waals surface area contributed by atoms with Gasteiger partial charge in [-0.3, -0.25) is 4.79 Å². The van der Waals surface area contributed by atoms with Gasteiger partial charge in [0.2, 0.25) is 0 Å². The van der Waals surface area contributed by atoms with Gasteiger partial charge in [-0.2, -0.15) is 0 Å². The van der Waals surface area contributed by atoms with E-state index in [0.29, 0.717) is 6.42 Å². The number of carboxylic acid groups (broad SMARTS) is 1. The van der Waals surface area contributed by atoms with E-state index in [0.717, 1.165) is 0 Å². The van der Waals surface area contributed by atoms with Crippen molar-refractivity contribution in [2.45, 2.75) is 12.5 Å². The molecule has 0 aromatic rings. The summed E-state index contributed by atoms with van der Waals surface area (Å²) in [5.74, 6) is -1.32. The van der Waals surface area contributed by atoms with Crippen LogP contribution in [-0.2, 0) is 4.79 Å². The number of carbonyl (C=O) groups is 2. The molecule has 2 atom stereocenters. The van der Waals surface area contributed by atoms with E-state index in [1.807, 2.05) is 0 Å². The molecule has 2 unspecified atom stereocenters. The first-order valence-corrected chi connectivity index (χ1v) is 4.03. The first-order valence-electron chi connectivity index (χ1n) is 4.03. The Kier molecular flexibility index (Phi) is 2.89. The van der Waals surface area contributed by atoms with E-state index in [1.165, 1.54) is 7.05 Å². The molecule has 0 aromatic carbocycles. The fourth-order valence-corrected chi connectivity index (χ4v) is 1.23. The van der Waals surface area contributed by atoms with Crippen molar-refractivity contribution in [3.63, 3.8) is 0 Å².